The third kappa shape index (κ3) is 13.9. The van der Waals surface area contributed by atoms with Crippen LogP contribution in [0.1, 0.15) is 41.6 Å². The second kappa shape index (κ2) is 25.0. The van der Waals surface area contributed by atoms with Crippen molar-refractivity contribution in [3.05, 3.63) is 89.0 Å². The monoisotopic (exact) mass is 976 g/mol. The largest absolute Gasteiger partial charge is 0.494 e. The zero-order valence-electron chi connectivity index (χ0n) is 37.6. The molecule has 3 aliphatic heterocycles. The molecule has 2 fully saturated rings. The number of nitrogens with zero attached hydrogens (tertiary/aromatic N) is 4. The number of rotatable bonds is 24. The topological polar surface area (TPSA) is 212 Å². The molecule has 4 aromatic rings. The van der Waals surface area contributed by atoms with Crippen LogP contribution < -0.4 is 26.0 Å². The summed E-state index contributed by atoms with van der Waals surface area (Å²) in [5, 5.41) is 11.9. The predicted octanol–water partition coefficient (Wildman–Crippen LogP) is 4.87. The van der Waals surface area contributed by atoms with Gasteiger partial charge in [0, 0.05) is 78.1 Å². The number of ether oxygens (including phenoxy) is 5. The van der Waals surface area contributed by atoms with E-state index < -0.39 is 17.8 Å². The number of carbonyl (C=O) groups excluding carboxylic acids is 5. The minimum Gasteiger partial charge on any atom is -0.494 e. The fourth-order valence-corrected chi connectivity index (χ4v) is 9.03. The summed E-state index contributed by atoms with van der Waals surface area (Å²) in [7, 11) is 1.50. The molecule has 7 rings (SSSR count). The number of likely N-dealkylation sites (tertiary alicyclic amines) is 1. The summed E-state index contributed by atoms with van der Waals surface area (Å²) < 4.78 is 41.6. The van der Waals surface area contributed by atoms with Gasteiger partial charge in [0.25, 0.3) is 5.91 Å². The number of aromatic nitrogens is 2. The number of methoxy groups -OCH3 is 1. The van der Waals surface area contributed by atoms with Gasteiger partial charge in [0.1, 0.15) is 36.4 Å². The molecular formula is C47H54ClFN8O10S. The average Bonchev–Trinajstić information content (AvgIpc) is 3.66. The van der Waals surface area contributed by atoms with Crippen molar-refractivity contribution in [2.24, 2.45) is 0 Å². The van der Waals surface area contributed by atoms with E-state index in [9.17, 15) is 28.4 Å². The molecule has 1 atom stereocenters. The summed E-state index contributed by atoms with van der Waals surface area (Å²) in [5.74, 6) is -0.453. The molecule has 0 saturated carbocycles. The Morgan fingerprint density at radius 1 is 0.941 bits per heavy atom. The lowest BCUT2D eigenvalue weighted by Gasteiger charge is -2.31. The van der Waals surface area contributed by atoms with Crippen molar-refractivity contribution < 1.29 is 52.0 Å². The molecule has 1 unspecified atom stereocenters. The molecule has 4 N–H and O–H groups in total. The molecule has 362 valence electrons. The Morgan fingerprint density at radius 2 is 1.69 bits per heavy atom. The van der Waals surface area contributed by atoms with Gasteiger partial charge in [-0.05, 0) is 61.2 Å². The van der Waals surface area contributed by atoms with Crippen LogP contribution in [0.25, 0.3) is 10.9 Å². The lowest BCUT2D eigenvalue weighted by molar-refractivity contribution is -0.137. The van der Waals surface area contributed by atoms with E-state index in [0.29, 0.717) is 104 Å². The first kappa shape index (κ1) is 50.1. The maximum absolute atomic E-state index is 13.7. The van der Waals surface area contributed by atoms with E-state index in [2.05, 4.69) is 36.1 Å². The van der Waals surface area contributed by atoms with E-state index in [1.54, 1.807) is 47.0 Å². The minimum atomic E-state index is -0.643. The van der Waals surface area contributed by atoms with Crippen molar-refractivity contribution in [2.45, 2.75) is 49.2 Å². The summed E-state index contributed by atoms with van der Waals surface area (Å²) >= 11 is 7.54. The first-order valence-electron chi connectivity index (χ1n) is 22.3. The van der Waals surface area contributed by atoms with Gasteiger partial charge in [-0.3, -0.25) is 34.2 Å². The Kier molecular flexibility index (Phi) is 18.5. The zero-order chi connectivity index (χ0) is 47.8. The average molecular weight is 978 g/mol. The number of amides is 5. The normalized spacial score (nSPS) is 16.6. The van der Waals surface area contributed by atoms with Gasteiger partial charge >= 0.3 is 0 Å². The standard InChI is InChI=1S/C47H54ClFN8O10S/c1-63-40-26-37-33(45(51-29-50-37)53-31-7-8-36(49)35(48)24-31)25-38(40)54-42(58)6-3-13-56-14-11-30(12-15-56)52-44(60)28-67-21-20-65-17-16-64-18-19-66-22-23-68-41-5-2-4-32-34(41)27-57(47(32)62)39-9-10-43(59)55-46(39)61/h2-8,24-26,29-30,39H,9-23,27-28H2,1H3,(H,52,60)(H,54,58)(H,50,51,53)(H,55,59,61)/b6-3+. The van der Waals surface area contributed by atoms with Crippen LogP contribution in [0.15, 0.2) is 71.9 Å². The van der Waals surface area contributed by atoms with Crippen LogP contribution in [0.5, 0.6) is 5.75 Å². The molecule has 0 bridgehead atoms. The number of fused-ring (bicyclic) bond motifs is 2. The molecule has 0 spiro atoms. The molecule has 5 amide bonds. The second-order valence-corrected chi connectivity index (χ2v) is 17.5. The Bertz CT molecular complexity index is 2480. The lowest BCUT2D eigenvalue weighted by atomic mass is 10.0. The Labute approximate surface area is 401 Å². The maximum Gasteiger partial charge on any atom is 0.255 e. The van der Waals surface area contributed by atoms with Crippen molar-refractivity contribution in [2.75, 3.05) is 96.0 Å². The Balaban J connectivity index is 0.689. The predicted molar refractivity (Wildman–Crippen MR) is 253 cm³/mol. The number of hydrogen-bond acceptors (Lipinski definition) is 15. The summed E-state index contributed by atoms with van der Waals surface area (Å²) in [6.45, 7) is 5.03. The Morgan fingerprint density at radius 3 is 2.43 bits per heavy atom. The van der Waals surface area contributed by atoms with Crippen LogP contribution in [0.4, 0.5) is 21.6 Å². The Hall–Kier alpha value is -5.74. The fourth-order valence-electron chi connectivity index (χ4n) is 7.90. The first-order chi connectivity index (χ1) is 33.1. The van der Waals surface area contributed by atoms with Crippen LogP contribution in [0.3, 0.4) is 0 Å². The quantitative estimate of drug-likeness (QED) is 0.0320. The summed E-state index contributed by atoms with van der Waals surface area (Å²) in [6, 6.07) is 12.6. The summed E-state index contributed by atoms with van der Waals surface area (Å²) in [4.78, 5) is 75.8. The molecule has 2 saturated heterocycles. The van der Waals surface area contributed by atoms with Crippen molar-refractivity contribution in [1.82, 2.24) is 30.4 Å². The van der Waals surface area contributed by atoms with Gasteiger partial charge in [-0.25, -0.2) is 14.4 Å². The molecule has 0 aliphatic carbocycles. The van der Waals surface area contributed by atoms with E-state index in [4.69, 9.17) is 35.3 Å². The molecule has 4 heterocycles. The molecule has 21 heteroatoms. The SMILES string of the molecule is COc1cc2ncnc(Nc3ccc(F)c(Cl)c3)c2cc1NC(=O)/C=C/CN1CCC(NC(=O)COCCOCCOCCOCCSc2cccc3c2CN(C2CCC(=O)NC2=O)C3=O)CC1. The maximum atomic E-state index is 13.7. The lowest BCUT2D eigenvalue weighted by Crippen LogP contribution is -2.52. The van der Waals surface area contributed by atoms with Gasteiger partial charge in [-0.2, -0.15) is 0 Å². The molecule has 18 nitrogen and oxygen atoms in total. The second-order valence-electron chi connectivity index (χ2n) is 16.0. The highest BCUT2D eigenvalue weighted by Gasteiger charge is 2.39. The van der Waals surface area contributed by atoms with Gasteiger partial charge in [0.05, 0.1) is 69.6 Å². The van der Waals surface area contributed by atoms with E-state index in [0.717, 1.165) is 36.4 Å². The van der Waals surface area contributed by atoms with E-state index >= 15 is 0 Å². The highest BCUT2D eigenvalue weighted by Crippen LogP contribution is 2.35. The molecule has 1 aromatic heterocycles. The number of carbonyl (C=O) groups is 5. The van der Waals surface area contributed by atoms with E-state index in [1.165, 1.54) is 31.6 Å². The van der Waals surface area contributed by atoms with Crippen LogP contribution in [0, 0.1) is 5.82 Å². The summed E-state index contributed by atoms with van der Waals surface area (Å²) in [5.41, 5.74) is 3.01. The van der Waals surface area contributed by atoms with Crippen LogP contribution in [-0.2, 0) is 44.7 Å². The van der Waals surface area contributed by atoms with Gasteiger partial charge in [0.2, 0.25) is 23.6 Å². The van der Waals surface area contributed by atoms with Crippen LogP contribution in [-0.4, -0.2) is 147 Å². The van der Waals surface area contributed by atoms with Crippen LogP contribution in [0.2, 0.25) is 5.02 Å². The number of anilines is 3. The number of thioether (sulfide) groups is 1. The van der Waals surface area contributed by atoms with Gasteiger partial charge in [-0.1, -0.05) is 23.7 Å². The smallest absolute Gasteiger partial charge is 0.255 e. The minimum absolute atomic E-state index is 0.0320. The first-order valence-corrected chi connectivity index (χ1v) is 23.7. The van der Waals surface area contributed by atoms with E-state index in [1.807, 2.05) is 12.1 Å². The molecule has 3 aromatic carbocycles. The van der Waals surface area contributed by atoms with Crippen molar-refractivity contribution in [1.29, 1.82) is 0 Å². The molecule has 0 radical (unpaired) electrons. The van der Waals surface area contributed by atoms with Gasteiger partial charge in [0.15, 0.2) is 0 Å². The highest BCUT2D eigenvalue weighted by molar-refractivity contribution is 7.99. The van der Waals surface area contributed by atoms with Gasteiger partial charge in [-0.15, -0.1) is 11.8 Å². The third-order valence-electron chi connectivity index (χ3n) is 11.4. The van der Waals surface area contributed by atoms with Crippen LogP contribution >= 0.6 is 23.4 Å². The van der Waals surface area contributed by atoms with Crippen molar-refractivity contribution in [3.63, 3.8) is 0 Å². The number of nitrogens with one attached hydrogen (secondary N) is 4. The van der Waals surface area contributed by atoms with Crippen molar-refractivity contribution in [3.8, 4) is 5.75 Å². The number of benzene rings is 3. The molecule has 68 heavy (non-hydrogen) atoms. The third-order valence-corrected chi connectivity index (χ3v) is 12.7. The number of imide groups is 1. The zero-order valence-corrected chi connectivity index (χ0v) is 39.1. The van der Waals surface area contributed by atoms with E-state index in [-0.39, 0.29) is 54.3 Å². The van der Waals surface area contributed by atoms with Gasteiger partial charge < -0.3 is 44.5 Å². The highest BCUT2D eigenvalue weighted by atomic mass is 35.5. The summed E-state index contributed by atoms with van der Waals surface area (Å²) in [6.07, 6.45) is 6.73. The molecular weight excluding hydrogens is 923 g/mol. The fraction of sp³-hybridized carbons (Fsp3) is 0.426. The molecule has 3 aliphatic rings. The number of piperidine rings is 2. The number of hydrogen-bond donors (Lipinski definition) is 4. The number of halogens is 2. The van der Waals surface area contributed by atoms with Crippen molar-refractivity contribution >= 4 is 81.0 Å².